The molecule has 1 fully saturated rings. The van der Waals surface area contributed by atoms with Crippen LogP contribution >= 0.6 is 0 Å². The van der Waals surface area contributed by atoms with E-state index in [9.17, 15) is 9.59 Å². The van der Waals surface area contributed by atoms with Crippen molar-refractivity contribution in [2.45, 2.75) is 83.5 Å². The summed E-state index contributed by atoms with van der Waals surface area (Å²) in [5.41, 5.74) is 1.70. The minimum atomic E-state index is -0.956. The van der Waals surface area contributed by atoms with Gasteiger partial charge in [0.25, 0.3) is 5.91 Å². The average molecular weight is 452 g/mol. The Morgan fingerprint density at radius 3 is 2.48 bits per heavy atom. The highest BCUT2D eigenvalue weighted by atomic mass is 16.5. The van der Waals surface area contributed by atoms with E-state index in [0.29, 0.717) is 31.8 Å². The fraction of sp³-hybridized carbons (Fsp3) is 0.556. The Kier molecular flexibility index (Phi) is 7.23. The van der Waals surface area contributed by atoms with Crippen LogP contribution in [-0.2, 0) is 16.1 Å². The third-order valence-corrected chi connectivity index (χ3v) is 6.98. The molecule has 1 aliphatic carbocycles. The number of benzene rings is 1. The average Bonchev–Trinajstić information content (AvgIpc) is 3.23. The van der Waals surface area contributed by atoms with Gasteiger partial charge in [-0.1, -0.05) is 49.6 Å². The number of rotatable bonds is 8. The lowest BCUT2D eigenvalue weighted by molar-refractivity contribution is -0.134. The number of hydrogen-bond acceptors (Lipinski definition) is 3. The summed E-state index contributed by atoms with van der Waals surface area (Å²) in [5, 5.41) is 3.29. The van der Waals surface area contributed by atoms with E-state index in [1.165, 1.54) is 6.42 Å². The maximum atomic E-state index is 13.7. The van der Waals surface area contributed by atoms with Crippen molar-refractivity contribution in [3.8, 4) is 11.3 Å². The molecule has 6 nitrogen and oxygen atoms in total. The van der Waals surface area contributed by atoms with Crippen LogP contribution in [0.25, 0.3) is 11.3 Å². The third kappa shape index (κ3) is 5.01. The van der Waals surface area contributed by atoms with Gasteiger partial charge in [0.15, 0.2) is 0 Å². The van der Waals surface area contributed by atoms with Gasteiger partial charge in [-0.2, -0.15) is 0 Å². The number of hydrogen-bond donors (Lipinski definition) is 1. The molecule has 1 N–H and O–H groups in total. The Bertz CT molecular complexity index is 962. The Hall–Kier alpha value is -2.60. The number of ether oxygens (including phenoxy) is 1. The van der Waals surface area contributed by atoms with Crippen LogP contribution in [0.2, 0.25) is 0 Å². The lowest BCUT2D eigenvalue weighted by atomic mass is 9.91. The summed E-state index contributed by atoms with van der Waals surface area (Å²) in [6.07, 6.45) is 6.41. The van der Waals surface area contributed by atoms with Crippen molar-refractivity contribution in [1.29, 1.82) is 0 Å². The molecule has 178 valence electrons. The fourth-order valence-electron chi connectivity index (χ4n) is 5.11. The minimum Gasteiger partial charge on any atom is -0.379 e. The zero-order chi connectivity index (χ0) is 23.4. The number of nitrogens with zero attached hydrogens (tertiary/aromatic N) is 2. The Balaban J connectivity index is 1.63. The van der Waals surface area contributed by atoms with Gasteiger partial charge in [-0.05, 0) is 57.7 Å². The second-order valence-corrected chi connectivity index (χ2v) is 9.87. The molecule has 2 amide bonds. The number of carbonyl (C=O) groups excluding carboxylic acids is 2. The number of fused-ring (bicyclic) bond motifs is 1. The number of carbonyl (C=O) groups is 2. The van der Waals surface area contributed by atoms with Crippen LogP contribution in [0.1, 0.15) is 69.8 Å². The highest BCUT2D eigenvalue weighted by Gasteiger charge is 2.48. The van der Waals surface area contributed by atoms with E-state index < -0.39 is 5.54 Å². The number of nitrogens with one attached hydrogen (secondary N) is 1. The molecule has 0 unspecified atom stereocenters. The molecule has 0 spiro atoms. The topological polar surface area (TPSA) is 63.6 Å². The summed E-state index contributed by atoms with van der Waals surface area (Å²) in [6.45, 7) is 7.43. The highest BCUT2D eigenvalue weighted by Crippen LogP contribution is 2.33. The molecule has 2 heterocycles. The van der Waals surface area contributed by atoms with Gasteiger partial charge in [0.05, 0.1) is 12.6 Å². The van der Waals surface area contributed by atoms with Crippen LogP contribution in [-0.4, -0.2) is 52.1 Å². The summed E-state index contributed by atoms with van der Waals surface area (Å²) in [7, 11) is 0. The molecule has 1 aliphatic heterocycles. The standard InChI is InChI=1S/C27H37N3O3/c1-20(2)33-18-10-17-30-25(31)24-16-15-23(21-11-6-4-7-12-21)29(24)19-27(30,3)26(32)28-22-13-8-5-9-14-22/h4,6-7,11-12,15-16,20,22H,5,8-10,13-14,17-19H2,1-3H3,(H,28,32)/t27-/m0/s1. The van der Waals surface area contributed by atoms with E-state index in [2.05, 4.69) is 5.32 Å². The molecule has 0 radical (unpaired) electrons. The first-order chi connectivity index (χ1) is 15.9. The van der Waals surface area contributed by atoms with Crippen LogP contribution in [0.3, 0.4) is 0 Å². The summed E-state index contributed by atoms with van der Waals surface area (Å²) in [4.78, 5) is 29.2. The monoisotopic (exact) mass is 451 g/mol. The molecule has 2 aliphatic rings. The van der Waals surface area contributed by atoms with Gasteiger partial charge in [0.2, 0.25) is 5.91 Å². The van der Waals surface area contributed by atoms with Crippen LogP contribution in [0, 0.1) is 0 Å². The first-order valence-electron chi connectivity index (χ1n) is 12.4. The first kappa shape index (κ1) is 23.6. The first-order valence-corrected chi connectivity index (χ1v) is 12.4. The second kappa shape index (κ2) is 10.1. The van der Waals surface area contributed by atoms with E-state index >= 15 is 0 Å². The van der Waals surface area contributed by atoms with Gasteiger partial charge < -0.3 is 19.5 Å². The fourth-order valence-corrected chi connectivity index (χ4v) is 5.11. The third-order valence-electron chi connectivity index (χ3n) is 6.98. The highest BCUT2D eigenvalue weighted by molar-refractivity contribution is 6.00. The Labute approximate surface area is 197 Å². The van der Waals surface area contributed by atoms with Crippen LogP contribution < -0.4 is 5.32 Å². The van der Waals surface area contributed by atoms with E-state index in [0.717, 1.165) is 36.9 Å². The normalized spacial score (nSPS) is 21.3. The predicted molar refractivity (Wildman–Crippen MR) is 130 cm³/mol. The van der Waals surface area contributed by atoms with E-state index in [-0.39, 0.29) is 24.0 Å². The Morgan fingerprint density at radius 1 is 1.09 bits per heavy atom. The lowest BCUT2D eigenvalue weighted by Crippen LogP contribution is -2.65. The minimum absolute atomic E-state index is 0.0501. The molecule has 2 aromatic rings. The lowest BCUT2D eigenvalue weighted by Gasteiger charge is -2.45. The van der Waals surface area contributed by atoms with Gasteiger partial charge in [-0.3, -0.25) is 9.59 Å². The summed E-state index contributed by atoms with van der Waals surface area (Å²) >= 11 is 0. The van der Waals surface area contributed by atoms with Crippen molar-refractivity contribution in [2.75, 3.05) is 13.2 Å². The largest absolute Gasteiger partial charge is 0.379 e. The SMILES string of the molecule is CC(C)OCCCN1C(=O)c2ccc(-c3ccccc3)n2C[C@@]1(C)C(=O)NC1CCCCC1. The summed E-state index contributed by atoms with van der Waals surface area (Å²) in [5.74, 6) is -0.139. The van der Waals surface area contributed by atoms with Crippen molar-refractivity contribution in [3.63, 3.8) is 0 Å². The van der Waals surface area contributed by atoms with Gasteiger partial charge in [-0.25, -0.2) is 0 Å². The van der Waals surface area contributed by atoms with Gasteiger partial charge in [0.1, 0.15) is 11.2 Å². The maximum Gasteiger partial charge on any atom is 0.271 e. The molecule has 0 bridgehead atoms. The summed E-state index contributed by atoms with van der Waals surface area (Å²) < 4.78 is 7.73. The molecule has 1 atom stereocenters. The zero-order valence-electron chi connectivity index (χ0n) is 20.2. The van der Waals surface area contributed by atoms with Crippen molar-refractivity contribution >= 4 is 11.8 Å². The van der Waals surface area contributed by atoms with Crippen molar-refractivity contribution in [3.05, 3.63) is 48.2 Å². The van der Waals surface area contributed by atoms with E-state index in [1.54, 1.807) is 4.90 Å². The van der Waals surface area contributed by atoms with Gasteiger partial charge in [0, 0.05) is 24.9 Å². The van der Waals surface area contributed by atoms with Gasteiger partial charge >= 0.3 is 0 Å². The van der Waals surface area contributed by atoms with Crippen molar-refractivity contribution < 1.29 is 14.3 Å². The summed E-state index contributed by atoms with van der Waals surface area (Å²) in [6, 6.07) is 14.1. The quantitative estimate of drug-likeness (QED) is 0.595. The van der Waals surface area contributed by atoms with Crippen LogP contribution in [0.15, 0.2) is 42.5 Å². The van der Waals surface area contributed by atoms with Gasteiger partial charge in [-0.15, -0.1) is 0 Å². The smallest absolute Gasteiger partial charge is 0.271 e. The van der Waals surface area contributed by atoms with Crippen LogP contribution in [0.5, 0.6) is 0 Å². The maximum absolute atomic E-state index is 13.7. The molecular formula is C27H37N3O3. The van der Waals surface area contributed by atoms with Crippen LogP contribution in [0.4, 0.5) is 0 Å². The number of amides is 2. The molecule has 1 saturated carbocycles. The molecular weight excluding hydrogens is 414 g/mol. The van der Waals surface area contributed by atoms with Crippen molar-refractivity contribution in [2.24, 2.45) is 0 Å². The predicted octanol–water partition coefficient (Wildman–Crippen LogP) is 4.63. The molecule has 33 heavy (non-hydrogen) atoms. The zero-order valence-corrected chi connectivity index (χ0v) is 20.2. The van der Waals surface area contributed by atoms with Crippen molar-refractivity contribution in [1.82, 2.24) is 14.8 Å². The molecule has 6 heteroatoms. The Morgan fingerprint density at radius 2 is 1.79 bits per heavy atom. The molecule has 1 aromatic carbocycles. The molecule has 0 saturated heterocycles. The second-order valence-electron chi connectivity index (χ2n) is 9.87. The number of aromatic nitrogens is 1. The molecule has 4 rings (SSSR count). The molecule has 1 aromatic heterocycles. The van der Waals surface area contributed by atoms with E-state index in [4.69, 9.17) is 4.74 Å². The van der Waals surface area contributed by atoms with E-state index in [1.807, 2.05) is 67.8 Å².